The van der Waals surface area contributed by atoms with Crippen molar-refractivity contribution in [1.29, 1.82) is 0 Å². The van der Waals surface area contributed by atoms with Gasteiger partial charge < -0.3 is 10.2 Å². The van der Waals surface area contributed by atoms with Crippen molar-refractivity contribution in [1.82, 2.24) is 15.2 Å². The number of hydrogen-bond acceptors (Lipinski definition) is 5. The van der Waals surface area contributed by atoms with E-state index >= 15 is 0 Å². The minimum atomic E-state index is -0.0670. The van der Waals surface area contributed by atoms with Gasteiger partial charge >= 0.3 is 0 Å². The molecule has 2 aromatic heterocycles. The lowest BCUT2D eigenvalue weighted by molar-refractivity contribution is -0.120. The van der Waals surface area contributed by atoms with Crippen molar-refractivity contribution >= 4 is 28.3 Å². The molecule has 0 aliphatic carbocycles. The second-order valence-electron chi connectivity index (χ2n) is 6.23. The lowest BCUT2D eigenvalue weighted by Gasteiger charge is -2.32. The molecular weight excluding hydrogens is 314 g/mol. The average molecular weight is 333 g/mol. The molecule has 0 spiro atoms. The van der Waals surface area contributed by atoms with Gasteiger partial charge in [0.2, 0.25) is 5.91 Å². The summed E-state index contributed by atoms with van der Waals surface area (Å²) in [4.78, 5) is 19.3. The number of piperidine rings is 1. The van der Waals surface area contributed by atoms with Gasteiger partial charge in [-0.3, -0.25) is 9.78 Å². The predicted molar refractivity (Wildman–Crippen MR) is 97.3 cm³/mol. The molecule has 126 valence electrons. The highest BCUT2D eigenvalue weighted by Crippen LogP contribution is 2.25. The molecule has 25 heavy (non-hydrogen) atoms. The number of aromatic nitrogens is 3. The first-order chi connectivity index (χ1) is 12.3. The Labute approximate surface area is 145 Å². The third-order valence-corrected chi connectivity index (χ3v) is 4.58. The average Bonchev–Trinajstić information content (AvgIpc) is 2.69. The lowest BCUT2D eigenvalue weighted by atomic mass is 9.97. The Balaban J connectivity index is 1.51. The SMILES string of the molecule is O=C(Nc1cccc2ncccc12)C1CCCN(c2cccnn2)C1. The van der Waals surface area contributed by atoms with Gasteiger partial charge in [0.1, 0.15) is 0 Å². The summed E-state index contributed by atoms with van der Waals surface area (Å²) >= 11 is 0. The van der Waals surface area contributed by atoms with E-state index in [1.807, 2.05) is 42.5 Å². The molecule has 0 saturated carbocycles. The van der Waals surface area contributed by atoms with Gasteiger partial charge in [-0.1, -0.05) is 6.07 Å². The topological polar surface area (TPSA) is 71.0 Å². The van der Waals surface area contributed by atoms with Gasteiger partial charge in [0.25, 0.3) is 0 Å². The first-order valence-corrected chi connectivity index (χ1v) is 8.48. The summed E-state index contributed by atoms with van der Waals surface area (Å²) in [5.41, 5.74) is 1.69. The Bertz CT molecular complexity index is 878. The van der Waals surface area contributed by atoms with Gasteiger partial charge in [-0.15, -0.1) is 5.10 Å². The number of nitrogens with zero attached hydrogens (tertiary/aromatic N) is 4. The highest BCUT2D eigenvalue weighted by molar-refractivity contribution is 6.01. The molecule has 1 amide bonds. The van der Waals surface area contributed by atoms with E-state index in [0.717, 1.165) is 41.8 Å². The van der Waals surface area contributed by atoms with Crippen molar-refractivity contribution in [3.05, 3.63) is 54.9 Å². The smallest absolute Gasteiger partial charge is 0.229 e. The monoisotopic (exact) mass is 333 g/mol. The molecule has 1 fully saturated rings. The zero-order chi connectivity index (χ0) is 17.1. The fourth-order valence-corrected chi connectivity index (χ4v) is 3.31. The second-order valence-corrected chi connectivity index (χ2v) is 6.23. The van der Waals surface area contributed by atoms with Gasteiger partial charge in [-0.05, 0) is 49.2 Å². The number of hydrogen-bond donors (Lipinski definition) is 1. The molecule has 1 atom stereocenters. The number of carbonyl (C=O) groups excluding carboxylic acids is 1. The molecule has 1 N–H and O–H groups in total. The van der Waals surface area contributed by atoms with E-state index in [0.29, 0.717) is 6.54 Å². The van der Waals surface area contributed by atoms with Crippen LogP contribution in [0, 0.1) is 5.92 Å². The molecule has 1 unspecified atom stereocenters. The normalized spacial score (nSPS) is 17.4. The van der Waals surface area contributed by atoms with Crippen LogP contribution < -0.4 is 10.2 Å². The summed E-state index contributed by atoms with van der Waals surface area (Å²) in [6.07, 6.45) is 5.26. The third kappa shape index (κ3) is 3.28. The molecule has 1 saturated heterocycles. The van der Waals surface area contributed by atoms with Crippen molar-refractivity contribution in [2.75, 3.05) is 23.3 Å². The molecule has 1 aliphatic heterocycles. The number of benzene rings is 1. The van der Waals surface area contributed by atoms with E-state index in [9.17, 15) is 4.79 Å². The number of anilines is 2. The number of nitrogens with one attached hydrogen (secondary N) is 1. The number of carbonyl (C=O) groups is 1. The predicted octanol–water partition coefficient (Wildman–Crippen LogP) is 2.88. The molecule has 1 aliphatic rings. The van der Waals surface area contributed by atoms with Crippen LogP contribution in [0.3, 0.4) is 0 Å². The van der Waals surface area contributed by atoms with E-state index in [1.165, 1.54) is 0 Å². The molecule has 1 aromatic carbocycles. The van der Waals surface area contributed by atoms with Crippen molar-refractivity contribution in [3.8, 4) is 0 Å². The summed E-state index contributed by atoms with van der Waals surface area (Å²) in [6, 6.07) is 13.4. The maximum absolute atomic E-state index is 12.8. The number of rotatable bonds is 3. The number of pyridine rings is 1. The Morgan fingerprint density at radius 3 is 2.92 bits per heavy atom. The summed E-state index contributed by atoms with van der Waals surface area (Å²) in [5.74, 6) is 0.807. The van der Waals surface area contributed by atoms with E-state index < -0.39 is 0 Å². The maximum Gasteiger partial charge on any atom is 0.229 e. The van der Waals surface area contributed by atoms with Crippen LogP contribution in [0.4, 0.5) is 11.5 Å². The van der Waals surface area contributed by atoms with Crippen LogP contribution in [0.1, 0.15) is 12.8 Å². The quantitative estimate of drug-likeness (QED) is 0.798. The van der Waals surface area contributed by atoms with Crippen LogP contribution >= 0.6 is 0 Å². The van der Waals surface area contributed by atoms with E-state index in [1.54, 1.807) is 12.4 Å². The van der Waals surface area contributed by atoms with Crippen molar-refractivity contribution in [2.24, 2.45) is 5.92 Å². The first kappa shape index (κ1) is 15.5. The van der Waals surface area contributed by atoms with Gasteiger partial charge in [0, 0.05) is 30.9 Å². The van der Waals surface area contributed by atoms with Crippen LogP contribution in [0.25, 0.3) is 10.9 Å². The summed E-state index contributed by atoms with van der Waals surface area (Å²) in [5, 5.41) is 12.1. The van der Waals surface area contributed by atoms with Gasteiger partial charge in [-0.25, -0.2) is 0 Å². The maximum atomic E-state index is 12.8. The zero-order valence-electron chi connectivity index (χ0n) is 13.8. The fourth-order valence-electron chi connectivity index (χ4n) is 3.31. The molecule has 3 heterocycles. The molecule has 6 nitrogen and oxygen atoms in total. The van der Waals surface area contributed by atoms with Crippen LogP contribution in [-0.2, 0) is 4.79 Å². The molecule has 6 heteroatoms. The highest BCUT2D eigenvalue weighted by atomic mass is 16.1. The molecule has 3 aromatic rings. The van der Waals surface area contributed by atoms with Gasteiger partial charge in [0.15, 0.2) is 5.82 Å². The zero-order valence-corrected chi connectivity index (χ0v) is 13.8. The highest BCUT2D eigenvalue weighted by Gasteiger charge is 2.27. The largest absolute Gasteiger partial charge is 0.354 e. The van der Waals surface area contributed by atoms with Crippen LogP contribution in [0.2, 0.25) is 0 Å². The second kappa shape index (κ2) is 6.84. The van der Waals surface area contributed by atoms with E-state index in [-0.39, 0.29) is 11.8 Å². The van der Waals surface area contributed by atoms with E-state index in [2.05, 4.69) is 25.4 Å². The van der Waals surface area contributed by atoms with Crippen LogP contribution in [0.15, 0.2) is 54.9 Å². The number of amides is 1. The van der Waals surface area contributed by atoms with Gasteiger partial charge in [-0.2, -0.15) is 5.10 Å². The van der Waals surface area contributed by atoms with E-state index in [4.69, 9.17) is 0 Å². The summed E-state index contributed by atoms with van der Waals surface area (Å²) < 4.78 is 0. The van der Waals surface area contributed by atoms with Crippen molar-refractivity contribution < 1.29 is 4.79 Å². The van der Waals surface area contributed by atoms with Gasteiger partial charge in [0.05, 0.1) is 17.1 Å². The molecule has 0 radical (unpaired) electrons. The minimum Gasteiger partial charge on any atom is -0.354 e. The standard InChI is InChI=1S/C19H19N5O/c25-19(22-17-8-1-7-16-15(17)6-2-10-20-16)14-5-4-12-24(13-14)18-9-3-11-21-23-18/h1-3,6-11,14H,4-5,12-13H2,(H,22,25). The Morgan fingerprint density at radius 1 is 1.12 bits per heavy atom. The van der Waals surface area contributed by atoms with Crippen molar-refractivity contribution in [2.45, 2.75) is 12.8 Å². The van der Waals surface area contributed by atoms with Crippen molar-refractivity contribution in [3.63, 3.8) is 0 Å². The fraction of sp³-hybridized carbons (Fsp3) is 0.263. The number of fused-ring (bicyclic) bond motifs is 1. The minimum absolute atomic E-state index is 0.0462. The molecular formula is C19H19N5O. The third-order valence-electron chi connectivity index (χ3n) is 4.58. The Kier molecular flexibility index (Phi) is 4.24. The Hall–Kier alpha value is -3.02. The Morgan fingerprint density at radius 2 is 2.04 bits per heavy atom. The summed E-state index contributed by atoms with van der Waals surface area (Å²) in [6.45, 7) is 1.56. The first-order valence-electron chi connectivity index (χ1n) is 8.48. The lowest BCUT2D eigenvalue weighted by Crippen LogP contribution is -2.41. The molecule has 4 rings (SSSR count). The summed E-state index contributed by atoms with van der Waals surface area (Å²) in [7, 11) is 0. The van der Waals surface area contributed by atoms with Crippen LogP contribution in [0.5, 0.6) is 0 Å². The molecule has 0 bridgehead atoms. The van der Waals surface area contributed by atoms with Crippen LogP contribution in [-0.4, -0.2) is 34.2 Å².